The van der Waals surface area contributed by atoms with Crippen LogP contribution < -0.4 is 4.90 Å². The number of anilines is 1. The van der Waals surface area contributed by atoms with E-state index in [1.165, 1.54) is 23.9 Å². The molecule has 0 fully saturated rings. The molecule has 1 aromatic rings. The molecule has 2 rings (SSSR count). The molecule has 0 bridgehead atoms. The van der Waals surface area contributed by atoms with Crippen LogP contribution in [0.5, 0.6) is 0 Å². The highest BCUT2D eigenvalue weighted by Crippen LogP contribution is 2.38. The van der Waals surface area contributed by atoms with Crippen LogP contribution in [0, 0.1) is 5.82 Å². The maximum atomic E-state index is 13.0. The van der Waals surface area contributed by atoms with Gasteiger partial charge in [0, 0.05) is 18.5 Å². The molecular formula is C10H10FNO2S. The van der Waals surface area contributed by atoms with Gasteiger partial charge in [0.2, 0.25) is 0 Å². The van der Waals surface area contributed by atoms with Crippen molar-refractivity contribution in [3.63, 3.8) is 0 Å². The maximum absolute atomic E-state index is 13.0. The molecule has 0 radical (unpaired) electrons. The zero-order valence-corrected chi connectivity index (χ0v) is 8.92. The summed E-state index contributed by atoms with van der Waals surface area (Å²) in [7, 11) is 1.81. The molecule has 0 aromatic heterocycles. The Hall–Kier alpha value is -1.23. The van der Waals surface area contributed by atoms with Crippen molar-refractivity contribution in [1.82, 2.24) is 0 Å². The third-order valence-corrected chi connectivity index (χ3v) is 3.53. The highest BCUT2D eigenvalue weighted by molar-refractivity contribution is 8.00. The SMILES string of the molecule is CN1CC(C(=O)O)Sc2cc(F)ccc21. The van der Waals surface area contributed by atoms with Gasteiger partial charge in [0.25, 0.3) is 0 Å². The number of carboxylic acids is 1. The summed E-state index contributed by atoms with van der Waals surface area (Å²) in [4.78, 5) is 13.4. The number of thioether (sulfide) groups is 1. The lowest BCUT2D eigenvalue weighted by Gasteiger charge is -2.30. The van der Waals surface area contributed by atoms with Crippen LogP contribution in [0.25, 0.3) is 0 Å². The number of benzene rings is 1. The van der Waals surface area contributed by atoms with Gasteiger partial charge in [0.05, 0.1) is 5.69 Å². The van der Waals surface area contributed by atoms with Crippen LogP contribution in [0.1, 0.15) is 0 Å². The normalized spacial score (nSPS) is 19.9. The average molecular weight is 227 g/mol. The Kier molecular flexibility index (Phi) is 2.56. The predicted molar refractivity (Wildman–Crippen MR) is 57.0 cm³/mol. The lowest BCUT2D eigenvalue weighted by atomic mass is 10.2. The third-order valence-electron chi connectivity index (χ3n) is 2.32. The molecule has 80 valence electrons. The molecule has 1 N–H and O–H groups in total. The number of hydrogen-bond acceptors (Lipinski definition) is 3. The van der Waals surface area contributed by atoms with E-state index in [1.807, 2.05) is 11.9 Å². The first-order valence-corrected chi connectivity index (χ1v) is 5.36. The first kappa shape index (κ1) is 10.3. The molecule has 3 nitrogen and oxygen atoms in total. The molecule has 1 aliphatic rings. The minimum Gasteiger partial charge on any atom is -0.480 e. The van der Waals surface area contributed by atoms with Gasteiger partial charge < -0.3 is 10.0 Å². The van der Waals surface area contributed by atoms with Crippen LogP contribution in [0.3, 0.4) is 0 Å². The number of halogens is 1. The van der Waals surface area contributed by atoms with Gasteiger partial charge in [-0.05, 0) is 18.2 Å². The number of nitrogens with zero attached hydrogens (tertiary/aromatic N) is 1. The van der Waals surface area contributed by atoms with E-state index in [-0.39, 0.29) is 5.82 Å². The highest BCUT2D eigenvalue weighted by Gasteiger charge is 2.28. The smallest absolute Gasteiger partial charge is 0.318 e. The van der Waals surface area contributed by atoms with Crippen molar-refractivity contribution >= 4 is 23.4 Å². The Morgan fingerprint density at radius 1 is 1.67 bits per heavy atom. The van der Waals surface area contributed by atoms with E-state index in [1.54, 1.807) is 6.07 Å². The minimum atomic E-state index is -0.859. The molecule has 0 saturated heterocycles. The van der Waals surface area contributed by atoms with E-state index < -0.39 is 11.2 Å². The summed E-state index contributed by atoms with van der Waals surface area (Å²) in [6.45, 7) is 0.443. The maximum Gasteiger partial charge on any atom is 0.318 e. The lowest BCUT2D eigenvalue weighted by Crippen LogP contribution is -2.35. The number of aliphatic carboxylic acids is 1. The van der Waals surface area contributed by atoms with Gasteiger partial charge >= 0.3 is 5.97 Å². The van der Waals surface area contributed by atoms with Gasteiger partial charge in [-0.3, -0.25) is 4.79 Å². The van der Waals surface area contributed by atoms with E-state index >= 15 is 0 Å². The first-order chi connectivity index (χ1) is 7.08. The number of hydrogen-bond donors (Lipinski definition) is 1. The number of carbonyl (C=O) groups is 1. The van der Waals surface area contributed by atoms with Crippen LogP contribution in [0.2, 0.25) is 0 Å². The lowest BCUT2D eigenvalue weighted by molar-refractivity contribution is -0.136. The fraction of sp³-hybridized carbons (Fsp3) is 0.300. The summed E-state index contributed by atoms with van der Waals surface area (Å²) in [5, 5.41) is 8.39. The van der Waals surface area contributed by atoms with Crippen LogP contribution in [0.4, 0.5) is 10.1 Å². The minimum absolute atomic E-state index is 0.333. The summed E-state index contributed by atoms with van der Waals surface area (Å²) in [5.74, 6) is -1.19. The van der Waals surface area contributed by atoms with Crippen molar-refractivity contribution < 1.29 is 14.3 Å². The molecule has 0 aliphatic carbocycles. The van der Waals surface area contributed by atoms with Crippen LogP contribution in [-0.2, 0) is 4.79 Å². The first-order valence-electron chi connectivity index (χ1n) is 4.48. The molecule has 0 spiro atoms. The quantitative estimate of drug-likeness (QED) is 0.794. The van der Waals surface area contributed by atoms with Crippen LogP contribution in [0.15, 0.2) is 23.1 Å². The van der Waals surface area contributed by atoms with Gasteiger partial charge in [0.1, 0.15) is 11.1 Å². The Labute approximate surface area is 90.9 Å². The molecule has 1 atom stereocenters. The highest BCUT2D eigenvalue weighted by atomic mass is 32.2. The topological polar surface area (TPSA) is 40.5 Å². The Morgan fingerprint density at radius 3 is 3.07 bits per heavy atom. The van der Waals surface area contributed by atoms with Crippen molar-refractivity contribution in [3.8, 4) is 0 Å². The predicted octanol–water partition coefficient (Wildman–Crippen LogP) is 1.82. The average Bonchev–Trinajstić information content (AvgIpc) is 2.16. The molecule has 1 heterocycles. The number of carboxylic acid groups (broad SMARTS) is 1. The van der Waals surface area contributed by atoms with E-state index in [0.717, 1.165) is 5.69 Å². The Bertz CT molecular complexity index is 410. The summed E-state index contributed by atoms with van der Waals surface area (Å²) < 4.78 is 13.0. The van der Waals surface area contributed by atoms with Gasteiger partial charge in [-0.1, -0.05) is 0 Å². The summed E-state index contributed by atoms with van der Waals surface area (Å²) in [5.41, 5.74) is 0.888. The van der Waals surface area contributed by atoms with E-state index in [2.05, 4.69) is 0 Å². The van der Waals surface area contributed by atoms with Crippen molar-refractivity contribution in [2.24, 2.45) is 0 Å². The fourth-order valence-corrected chi connectivity index (χ4v) is 2.79. The summed E-state index contributed by atoms with van der Waals surface area (Å²) >= 11 is 1.20. The van der Waals surface area contributed by atoms with Gasteiger partial charge in [-0.15, -0.1) is 11.8 Å². The molecule has 0 saturated carbocycles. The number of rotatable bonds is 1. The van der Waals surface area contributed by atoms with Crippen molar-refractivity contribution in [2.45, 2.75) is 10.1 Å². The monoisotopic (exact) mass is 227 g/mol. The van der Waals surface area contributed by atoms with Gasteiger partial charge in [-0.2, -0.15) is 0 Å². The van der Waals surface area contributed by atoms with E-state index in [9.17, 15) is 9.18 Å². The van der Waals surface area contributed by atoms with Crippen molar-refractivity contribution in [2.75, 3.05) is 18.5 Å². The van der Waals surface area contributed by atoms with E-state index in [4.69, 9.17) is 5.11 Å². The molecule has 1 aromatic carbocycles. The molecule has 1 aliphatic heterocycles. The third kappa shape index (κ3) is 1.92. The zero-order valence-electron chi connectivity index (χ0n) is 8.11. The zero-order chi connectivity index (χ0) is 11.0. The second kappa shape index (κ2) is 3.73. The van der Waals surface area contributed by atoms with Crippen LogP contribution in [-0.4, -0.2) is 29.9 Å². The second-order valence-corrected chi connectivity index (χ2v) is 4.68. The summed E-state index contributed by atoms with van der Waals surface area (Å²) in [6.07, 6.45) is 0. The van der Waals surface area contributed by atoms with Crippen LogP contribution >= 0.6 is 11.8 Å². The van der Waals surface area contributed by atoms with Gasteiger partial charge in [0.15, 0.2) is 0 Å². The standard InChI is InChI=1S/C10H10FNO2S/c1-12-5-9(10(13)14)15-8-4-6(11)2-3-7(8)12/h2-4,9H,5H2,1H3,(H,13,14). The molecule has 1 unspecified atom stereocenters. The van der Waals surface area contributed by atoms with Crippen molar-refractivity contribution in [1.29, 1.82) is 0 Å². The summed E-state index contributed by atoms with van der Waals surface area (Å²) in [6, 6.07) is 4.44. The van der Waals surface area contributed by atoms with E-state index in [0.29, 0.717) is 11.4 Å². The number of fused-ring (bicyclic) bond motifs is 1. The molecular weight excluding hydrogens is 217 g/mol. The van der Waals surface area contributed by atoms with Gasteiger partial charge in [-0.25, -0.2) is 4.39 Å². The molecule has 15 heavy (non-hydrogen) atoms. The Balaban J connectivity index is 2.37. The van der Waals surface area contributed by atoms with Crippen molar-refractivity contribution in [3.05, 3.63) is 24.0 Å². The molecule has 0 amide bonds. The second-order valence-electron chi connectivity index (χ2n) is 3.44. The molecule has 5 heteroatoms. The Morgan fingerprint density at radius 2 is 2.40 bits per heavy atom. The largest absolute Gasteiger partial charge is 0.480 e. The fourth-order valence-electron chi connectivity index (χ4n) is 1.56.